The molecule has 0 bridgehead atoms. The summed E-state index contributed by atoms with van der Waals surface area (Å²) >= 11 is 0. The van der Waals surface area contributed by atoms with Crippen molar-refractivity contribution in [3.05, 3.63) is 27.8 Å². The predicted molar refractivity (Wildman–Crippen MR) is 86.9 cm³/mol. The number of phenols is 1. The molecule has 122 valence electrons. The minimum Gasteiger partial charge on any atom is -0.504 e. The summed E-state index contributed by atoms with van der Waals surface area (Å²) in [5.41, 5.74) is 0.0185. The van der Waals surface area contributed by atoms with E-state index in [1.165, 1.54) is 26.4 Å². The van der Waals surface area contributed by atoms with Gasteiger partial charge >= 0.3 is 0 Å². The number of methoxy groups -OCH3 is 2. The first kappa shape index (κ1) is 14.3. The van der Waals surface area contributed by atoms with Crippen LogP contribution < -0.4 is 20.3 Å². The first-order chi connectivity index (χ1) is 11.5. The lowest BCUT2D eigenvalue weighted by atomic mass is 10.0. The molecule has 2 aromatic heterocycles. The van der Waals surface area contributed by atoms with Gasteiger partial charge < -0.3 is 28.5 Å². The number of rotatable bonds is 2. The molecule has 2 aromatic carbocycles. The number of benzene rings is 2. The molecular weight excluding hydrogens is 316 g/mol. The highest BCUT2D eigenvalue weighted by Gasteiger charge is 2.25. The van der Waals surface area contributed by atoms with Gasteiger partial charge in [-0.2, -0.15) is 0 Å². The minimum absolute atomic E-state index is 0.0429. The van der Waals surface area contributed by atoms with E-state index in [0.717, 1.165) is 0 Å². The van der Waals surface area contributed by atoms with Gasteiger partial charge in [-0.25, -0.2) is 0 Å². The lowest BCUT2D eigenvalue weighted by Gasteiger charge is -2.15. The normalized spacial score (nSPS) is 11.6. The summed E-state index contributed by atoms with van der Waals surface area (Å²) < 4.78 is 21.4. The van der Waals surface area contributed by atoms with Crippen LogP contribution in [0.2, 0.25) is 0 Å². The molecule has 0 fully saturated rings. The van der Waals surface area contributed by atoms with Crippen LogP contribution in [0.5, 0.6) is 23.2 Å². The monoisotopic (exact) mass is 328 g/mol. The fourth-order valence-corrected chi connectivity index (χ4v) is 3.04. The van der Waals surface area contributed by atoms with E-state index in [1.807, 2.05) is 0 Å². The number of ether oxygens (including phenoxy) is 2. The van der Waals surface area contributed by atoms with Crippen molar-refractivity contribution in [3.63, 3.8) is 0 Å². The SMILES string of the molecule is C=c1oc2c(OC)c(O)cc3c(O)oc4c(OC)c(=O)cc1c4c32. The summed E-state index contributed by atoms with van der Waals surface area (Å²) in [5, 5.41) is 21.9. The standard InChI is InChI=1S/C17H12O7/c1-6-7-4-9(18)14(22-3)16-11(7)12-8(17(20)24-16)5-10(19)13(21-2)15(12)23-6/h4-5,19-20H,1H2,2-3H3. The largest absolute Gasteiger partial charge is 0.504 e. The van der Waals surface area contributed by atoms with E-state index in [1.54, 1.807) is 0 Å². The Morgan fingerprint density at radius 3 is 2.25 bits per heavy atom. The third-order valence-corrected chi connectivity index (χ3v) is 4.03. The van der Waals surface area contributed by atoms with Gasteiger partial charge in [-0.05, 0) is 6.07 Å². The molecule has 0 aliphatic carbocycles. The number of hydrogen-bond acceptors (Lipinski definition) is 7. The predicted octanol–water partition coefficient (Wildman–Crippen LogP) is 2.25. The molecule has 4 rings (SSSR count). The Balaban J connectivity index is 2.48. The van der Waals surface area contributed by atoms with Crippen LogP contribution in [0, 0.1) is 0 Å². The second kappa shape index (κ2) is 4.58. The summed E-state index contributed by atoms with van der Waals surface area (Å²) in [4.78, 5) is 12.2. The highest BCUT2D eigenvalue weighted by Crippen LogP contribution is 2.46. The average molecular weight is 328 g/mol. The Morgan fingerprint density at radius 1 is 0.958 bits per heavy atom. The lowest BCUT2D eigenvalue weighted by Crippen LogP contribution is -2.10. The summed E-state index contributed by atoms with van der Waals surface area (Å²) in [5.74, 6) is -0.666. The number of aromatic hydroxyl groups is 2. The molecule has 0 unspecified atom stereocenters. The van der Waals surface area contributed by atoms with Crippen LogP contribution in [0.15, 0.2) is 25.8 Å². The highest BCUT2D eigenvalue weighted by molar-refractivity contribution is 6.23. The maximum atomic E-state index is 12.2. The lowest BCUT2D eigenvalue weighted by molar-refractivity contribution is 0.337. The Bertz CT molecular complexity index is 1230. The molecular formula is C17H12O7. The molecule has 0 amide bonds. The van der Waals surface area contributed by atoms with Crippen molar-refractivity contribution in [2.75, 3.05) is 14.2 Å². The Labute approximate surface area is 133 Å². The maximum Gasteiger partial charge on any atom is 0.290 e. The van der Waals surface area contributed by atoms with E-state index in [4.69, 9.17) is 18.3 Å². The topological polar surface area (TPSA) is 102 Å². The summed E-state index contributed by atoms with van der Waals surface area (Å²) in [6.45, 7) is 3.81. The molecule has 24 heavy (non-hydrogen) atoms. The zero-order valence-corrected chi connectivity index (χ0v) is 12.8. The fraction of sp³-hybridized carbons (Fsp3) is 0.118. The van der Waals surface area contributed by atoms with Crippen LogP contribution in [0.4, 0.5) is 0 Å². The molecule has 0 atom stereocenters. The molecule has 7 heteroatoms. The zero-order chi connectivity index (χ0) is 17.2. The quantitative estimate of drug-likeness (QED) is 0.544. The van der Waals surface area contributed by atoms with Gasteiger partial charge in [0.2, 0.25) is 16.9 Å². The van der Waals surface area contributed by atoms with E-state index in [2.05, 4.69) is 6.58 Å². The van der Waals surface area contributed by atoms with Gasteiger partial charge in [0.15, 0.2) is 16.9 Å². The Morgan fingerprint density at radius 2 is 1.58 bits per heavy atom. The number of phenolic OH excluding ortho intramolecular Hbond substituents is 1. The van der Waals surface area contributed by atoms with Crippen LogP contribution in [-0.2, 0) is 0 Å². The average Bonchev–Trinajstić information content (AvgIpc) is 2.54. The van der Waals surface area contributed by atoms with E-state index in [0.29, 0.717) is 16.2 Å². The van der Waals surface area contributed by atoms with Crippen molar-refractivity contribution in [1.82, 2.24) is 0 Å². The first-order valence-electron chi connectivity index (χ1n) is 6.95. The van der Waals surface area contributed by atoms with E-state index in [-0.39, 0.29) is 39.2 Å². The molecule has 7 nitrogen and oxygen atoms in total. The maximum absolute atomic E-state index is 12.2. The van der Waals surface area contributed by atoms with Crippen LogP contribution in [-0.4, -0.2) is 24.4 Å². The summed E-state index contributed by atoms with van der Waals surface area (Å²) in [6, 6.07) is 2.63. The van der Waals surface area contributed by atoms with Gasteiger partial charge in [0.05, 0.1) is 19.6 Å². The molecule has 0 aliphatic heterocycles. The van der Waals surface area contributed by atoms with Crippen molar-refractivity contribution in [2.45, 2.75) is 0 Å². The molecule has 0 aliphatic rings. The van der Waals surface area contributed by atoms with Gasteiger partial charge in [0.25, 0.3) is 5.95 Å². The third-order valence-electron chi connectivity index (χ3n) is 4.03. The van der Waals surface area contributed by atoms with Crippen LogP contribution >= 0.6 is 0 Å². The van der Waals surface area contributed by atoms with E-state index in [9.17, 15) is 15.0 Å². The van der Waals surface area contributed by atoms with Gasteiger partial charge in [-0.1, -0.05) is 6.58 Å². The van der Waals surface area contributed by atoms with Crippen LogP contribution in [0.1, 0.15) is 0 Å². The van der Waals surface area contributed by atoms with Crippen molar-refractivity contribution in [2.24, 2.45) is 0 Å². The van der Waals surface area contributed by atoms with Crippen molar-refractivity contribution in [1.29, 1.82) is 0 Å². The van der Waals surface area contributed by atoms with Crippen molar-refractivity contribution in [3.8, 4) is 23.2 Å². The Hall–Kier alpha value is -3.35. The summed E-state index contributed by atoms with van der Waals surface area (Å²) in [7, 11) is 2.72. The molecule has 0 radical (unpaired) electrons. The van der Waals surface area contributed by atoms with E-state index < -0.39 is 11.4 Å². The zero-order valence-electron chi connectivity index (χ0n) is 12.8. The molecule has 2 N–H and O–H groups in total. The first-order valence-corrected chi connectivity index (χ1v) is 6.95. The smallest absolute Gasteiger partial charge is 0.290 e. The van der Waals surface area contributed by atoms with Crippen LogP contribution in [0.3, 0.4) is 0 Å². The Kier molecular flexibility index (Phi) is 2.72. The van der Waals surface area contributed by atoms with Crippen molar-refractivity contribution < 1.29 is 28.5 Å². The molecule has 0 saturated heterocycles. The number of hydrogen-bond donors (Lipinski definition) is 2. The molecule has 4 aromatic rings. The van der Waals surface area contributed by atoms with Gasteiger partial charge in [-0.3, -0.25) is 4.79 Å². The second-order valence-corrected chi connectivity index (χ2v) is 5.27. The second-order valence-electron chi connectivity index (χ2n) is 5.27. The van der Waals surface area contributed by atoms with E-state index >= 15 is 0 Å². The van der Waals surface area contributed by atoms with Crippen LogP contribution in [0.25, 0.3) is 39.3 Å². The van der Waals surface area contributed by atoms with Gasteiger partial charge in [0, 0.05) is 22.2 Å². The molecule has 0 spiro atoms. The minimum atomic E-state index is -0.484. The van der Waals surface area contributed by atoms with Gasteiger partial charge in [0.1, 0.15) is 5.42 Å². The van der Waals surface area contributed by atoms with Gasteiger partial charge in [-0.15, -0.1) is 0 Å². The fourth-order valence-electron chi connectivity index (χ4n) is 3.04. The molecule has 2 heterocycles. The summed E-state index contributed by atoms with van der Waals surface area (Å²) in [6.07, 6.45) is 0. The van der Waals surface area contributed by atoms with Crippen molar-refractivity contribution >= 4 is 39.3 Å². The molecule has 0 saturated carbocycles. The third kappa shape index (κ3) is 1.58. The highest BCUT2D eigenvalue weighted by atomic mass is 16.5.